The highest BCUT2D eigenvalue weighted by Gasteiger charge is 1.99. The van der Waals surface area contributed by atoms with Gasteiger partial charge in [0, 0.05) is 11.8 Å². The Morgan fingerprint density at radius 3 is 2.85 bits per heavy atom. The smallest absolute Gasteiger partial charge is 0.213 e. The molecule has 72 valence electrons. The minimum absolute atomic E-state index is 0.0336. The fourth-order valence-corrected chi connectivity index (χ4v) is 1.08. The summed E-state index contributed by atoms with van der Waals surface area (Å²) in [5, 5.41) is 8.93. The van der Waals surface area contributed by atoms with Gasteiger partial charge in [-0.05, 0) is 25.0 Å². The summed E-state index contributed by atoms with van der Waals surface area (Å²) in [6.45, 7) is 4.63. The minimum atomic E-state index is 0.0336. The van der Waals surface area contributed by atoms with Crippen molar-refractivity contribution in [2.75, 3.05) is 6.61 Å². The monoisotopic (exact) mass is 181 g/mol. The normalized spacial score (nSPS) is 10.1. The van der Waals surface area contributed by atoms with Crippen LogP contribution in [0.4, 0.5) is 0 Å². The summed E-state index contributed by atoms with van der Waals surface area (Å²) in [7, 11) is 0. The molecular formula is C10H15NO2. The second-order valence-corrected chi connectivity index (χ2v) is 2.96. The van der Waals surface area contributed by atoms with Crippen LogP contribution in [0.1, 0.15) is 24.6 Å². The van der Waals surface area contributed by atoms with Gasteiger partial charge in [-0.15, -0.1) is 0 Å². The first-order valence-corrected chi connectivity index (χ1v) is 4.47. The van der Waals surface area contributed by atoms with Gasteiger partial charge in [0.25, 0.3) is 0 Å². The molecule has 0 unspecified atom stereocenters. The molecule has 3 nitrogen and oxygen atoms in total. The van der Waals surface area contributed by atoms with Crippen LogP contribution in [0.25, 0.3) is 0 Å². The third kappa shape index (κ3) is 3.03. The van der Waals surface area contributed by atoms with Gasteiger partial charge in [-0.25, -0.2) is 4.98 Å². The molecule has 0 spiro atoms. The second-order valence-electron chi connectivity index (χ2n) is 2.96. The van der Waals surface area contributed by atoms with E-state index in [-0.39, 0.29) is 6.61 Å². The van der Waals surface area contributed by atoms with Gasteiger partial charge in [0.1, 0.15) is 0 Å². The van der Waals surface area contributed by atoms with Crippen molar-refractivity contribution >= 4 is 0 Å². The molecule has 1 aromatic heterocycles. The topological polar surface area (TPSA) is 42.4 Å². The zero-order chi connectivity index (χ0) is 9.68. The maximum absolute atomic E-state index is 8.93. The third-order valence-electron chi connectivity index (χ3n) is 1.63. The molecule has 1 aromatic rings. The van der Waals surface area contributed by atoms with Crippen molar-refractivity contribution < 1.29 is 9.84 Å². The summed E-state index contributed by atoms with van der Waals surface area (Å²) in [6.07, 6.45) is 0.962. The first-order valence-electron chi connectivity index (χ1n) is 4.47. The van der Waals surface area contributed by atoms with Gasteiger partial charge in [0.2, 0.25) is 5.88 Å². The van der Waals surface area contributed by atoms with Crippen molar-refractivity contribution in [3.63, 3.8) is 0 Å². The minimum Gasteiger partial charge on any atom is -0.478 e. The lowest BCUT2D eigenvalue weighted by Crippen LogP contribution is -1.99. The molecule has 0 aliphatic heterocycles. The van der Waals surface area contributed by atoms with E-state index < -0.39 is 0 Å². The summed E-state index contributed by atoms with van der Waals surface area (Å²) in [4.78, 5) is 4.19. The number of aliphatic hydroxyl groups excluding tert-OH is 1. The number of aromatic nitrogens is 1. The Morgan fingerprint density at radius 1 is 1.46 bits per heavy atom. The summed E-state index contributed by atoms with van der Waals surface area (Å²) < 4.78 is 5.36. The van der Waals surface area contributed by atoms with E-state index in [0.717, 1.165) is 17.7 Å². The molecule has 0 bridgehead atoms. The maximum Gasteiger partial charge on any atom is 0.213 e. The summed E-state index contributed by atoms with van der Waals surface area (Å²) in [5.74, 6) is 0.603. The molecule has 0 radical (unpaired) electrons. The number of rotatable bonds is 4. The predicted molar refractivity (Wildman–Crippen MR) is 50.7 cm³/mol. The lowest BCUT2D eigenvalue weighted by molar-refractivity contribution is 0.277. The van der Waals surface area contributed by atoms with Crippen molar-refractivity contribution in [2.45, 2.75) is 26.9 Å². The van der Waals surface area contributed by atoms with Crippen molar-refractivity contribution in [1.29, 1.82) is 0 Å². The number of aliphatic hydroxyl groups is 1. The Morgan fingerprint density at radius 2 is 2.23 bits per heavy atom. The highest BCUT2D eigenvalue weighted by Crippen LogP contribution is 2.12. The molecule has 0 aliphatic rings. The third-order valence-corrected chi connectivity index (χ3v) is 1.63. The molecule has 0 saturated carbocycles. The fraction of sp³-hybridized carbons (Fsp3) is 0.500. The van der Waals surface area contributed by atoms with Crippen LogP contribution in [0.2, 0.25) is 0 Å². The molecular weight excluding hydrogens is 166 g/mol. The Hall–Kier alpha value is -1.09. The molecule has 0 fully saturated rings. The fourth-order valence-electron chi connectivity index (χ4n) is 1.08. The number of pyridine rings is 1. The Balaban J connectivity index is 2.76. The maximum atomic E-state index is 8.93. The van der Waals surface area contributed by atoms with Crippen molar-refractivity contribution in [1.82, 2.24) is 4.98 Å². The lowest BCUT2D eigenvalue weighted by Gasteiger charge is -2.05. The van der Waals surface area contributed by atoms with Crippen LogP contribution in [0, 0.1) is 6.92 Å². The van der Waals surface area contributed by atoms with Crippen LogP contribution < -0.4 is 4.74 Å². The molecule has 1 rings (SSSR count). The standard InChI is InChI=1S/C10H15NO2/c1-3-4-13-10-6-9(7-12)5-8(2)11-10/h5-6,12H,3-4,7H2,1-2H3. The van der Waals surface area contributed by atoms with Crippen molar-refractivity contribution in [2.24, 2.45) is 0 Å². The van der Waals surface area contributed by atoms with Gasteiger partial charge in [0.15, 0.2) is 0 Å². The number of ether oxygens (including phenoxy) is 1. The lowest BCUT2D eigenvalue weighted by atomic mass is 10.2. The van der Waals surface area contributed by atoms with E-state index in [9.17, 15) is 0 Å². The zero-order valence-electron chi connectivity index (χ0n) is 8.08. The van der Waals surface area contributed by atoms with Gasteiger partial charge in [-0.3, -0.25) is 0 Å². The molecule has 0 atom stereocenters. The van der Waals surface area contributed by atoms with E-state index in [0.29, 0.717) is 12.5 Å². The van der Waals surface area contributed by atoms with Crippen molar-refractivity contribution in [3.05, 3.63) is 23.4 Å². The molecule has 1 heterocycles. The Bertz CT molecular complexity index is 274. The highest BCUT2D eigenvalue weighted by molar-refractivity contribution is 5.23. The number of hydrogen-bond acceptors (Lipinski definition) is 3. The van der Waals surface area contributed by atoms with Gasteiger partial charge >= 0.3 is 0 Å². The average Bonchev–Trinajstić information content (AvgIpc) is 2.14. The number of aryl methyl sites for hydroxylation is 1. The molecule has 1 N–H and O–H groups in total. The van der Waals surface area contributed by atoms with Gasteiger partial charge in [0.05, 0.1) is 13.2 Å². The van der Waals surface area contributed by atoms with Gasteiger partial charge in [-0.1, -0.05) is 6.92 Å². The van der Waals surface area contributed by atoms with Crippen LogP contribution in [-0.2, 0) is 6.61 Å². The van der Waals surface area contributed by atoms with E-state index in [4.69, 9.17) is 9.84 Å². The molecule has 13 heavy (non-hydrogen) atoms. The highest BCUT2D eigenvalue weighted by atomic mass is 16.5. The Kier molecular flexibility index (Phi) is 3.71. The van der Waals surface area contributed by atoms with Gasteiger partial charge in [-0.2, -0.15) is 0 Å². The molecule has 0 aliphatic carbocycles. The SMILES string of the molecule is CCCOc1cc(CO)cc(C)n1. The predicted octanol–water partition coefficient (Wildman–Crippen LogP) is 1.67. The molecule has 0 aromatic carbocycles. The van der Waals surface area contributed by atoms with E-state index in [1.54, 1.807) is 6.07 Å². The van der Waals surface area contributed by atoms with E-state index in [2.05, 4.69) is 4.98 Å². The van der Waals surface area contributed by atoms with E-state index >= 15 is 0 Å². The van der Waals surface area contributed by atoms with Crippen LogP contribution >= 0.6 is 0 Å². The second kappa shape index (κ2) is 4.82. The molecule has 3 heteroatoms. The van der Waals surface area contributed by atoms with Crippen LogP contribution in [0.5, 0.6) is 5.88 Å². The van der Waals surface area contributed by atoms with Crippen LogP contribution in [0.3, 0.4) is 0 Å². The number of nitrogens with zero attached hydrogens (tertiary/aromatic N) is 1. The largest absolute Gasteiger partial charge is 0.478 e. The summed E-state index contributed by atoms with van der Waals surface area (Å²) >= 11 is 0. The quantitative estimate of drug-likeness (QED) is 0.768. The number of hydrogen-bond donors (Lipinski definition) is 1. The molecule has 0 saturated heterocycles. The summed E-state index contributed by atoms with van der Waals surface area (Å²) in [6, 6.07) is 3.61. The zero-order valence-corrected chi connectivity index (χ0v) is 8.08. The van der Waals surface area contributed by atoms with Crippen LogP contribution in [0.15, 0.2) is 12.1 Å². The molecule has 0 amide bonds. The first-order chi connectivity index (χ1) is 6.26. The van der Waals surface area contributed by atoms with E-state index in [1.807, 2.05) is 19.9 Å². The van der Waals surface area contributed by atoms with Crippen LogP contribution in [-0.4, -0.2) is 16.7 Å². The Labute approximate surface area is 78.4 Å². The first kappa shape index (κ1) is 9.99. The average molecular weight is 181 g/mol. The van der Waals surface area contributed by atoms with Crippen molar-refractivity contribution in [3.8, 4) is 5.88 Å². The van der Waals surface area contributed by atoms with Gasteiger partial charge < -0.3 is 9.84 Å². The summed E-state index contributed by atoms with van der Waals surface area (Å²) in [5.41, 5.74) is 1.72. The van der Waals surface area contributed by atoms with E-state index in [1.165, 1.54) is 0 Å².